The van der Waals surface area contributed by atoms with E-state index < -0.39 is 0 Å². The van der Waals surface area contributed by atoms with Crippen molar-refractivity contribution in [2.75, 3.05) is 7.05 Å². The molecular formula is C23H22FN5O2. The maximum Gasteiger partial charge on any atom is 0.223 e. The summed E-state index contributed by atoms with van der Waals surface area (Å²) in [7, 11) is 1.79. The van der Waals surface area contributed by atoms with Gasteiger partial charge in [-0.15, -0.1) is 0 Å². The van der Waals surface area contributed by atoms with E-state index in [0.717, 1.165) is 16.8 Å². The van der Waals surface area contributed by atoms with Crippen LogP contribution in [-0.4, -0.2) is 37.6 Å². The Bertz CT molecular complexity index is 1140. The molecule has 158 valence electrons. The number of rotatable bonds is 7. The van der Waals surface area contributed by atoms with Gasteiger partial charge in [-0.2, -0.15) is 5.10 Å². The van der Waals surface area contributed by atoms with Crippen LogP contribution in [0.15, 0.2) is 71.8 Å². The Balaban J connectivity index is 1.34. The van der Waals surface area contributed by atoms with Crippen LogP contribution >= 0.6 is 0 Å². The highest BCUT2D eigenvalue weighted by Crippen LogP contribution is 2.23. The Morgan fingerprint density at radius 1 is 1.16 bits per heavy atom. The smallest absolute Gasteiger partial charge is 0.223 e. The van der Waals surface area contributed by atoms with Gasteiger partial charge >= 0.3 is 0 Å². The minimum Gasteiger partial charge on any atom is -0.441 e. The standard InChI is InChI=1S/C23H22FN5O2/c1-16(17-5-9-20(10-6-17)29-15-25-14-27-29)28(2)23(30)12-11-22-26-13-21(31-22)18-3-7-19(24)8-4-18/h3-10,13-16H,11-12H2,1-2H3. The highest BCUT2D eigenvalue weighted by molar-refractivity contribution is 5.76. The minimum absolute atomic E-state index is 0.00520. The Morgan fingerprint density at radius 3 is 2.58 bits per heavy atom. The van der Waals surface area contributed by atoms with Crippen molar-refractivity contribution in [1.29, 1.82) is 0 Å². The molecular weight excluding hydrogens is 397 g/mol. The van der Waals surface area contributed by atoms with E-state index in [1.165, 1.54) is 18.5 Å². The maximum atomic E-state index is 13.1. The molecule has 0 saturated carbocycles. The van der Waals surface area contributed by atoms with Crippen LogP contribution in [0.3, 0.4) is 0 Å². The fourth-order valence-electron chi connectivity index (χ4n) is 3.25. The molecule has 7 nitrogen and oxygen atoms in total. The average Bonchev–Trinajstić information content (AvgIpc) is 3.49. The van der Waals surface area contributed by atoms with Gasteiger partial charge < -0.3 is 9.32 Å². The molecule has 31 heavy (non-hydrogen) atoms. The number of nitrogens with zero attached hydrogens (tertiary/aromatic N) is 5. The number of benzene rings is 2. The summed E-state index contributed by atoms with van der Waals surface area (Å²) >= 11 is 0. The SMILES string of the molecule is CC(c1ccc(-n2cncn2)cc1)N(C)C(=O)CCc1ncc(-c2ccc(F)cc2)o1. The number of amides is 1. The lowest BCUT2D eigenvalue weighted by Crippen LogP contribution is -2.29. The molecule has 0 radical (unpaired) electrons. The van der Waals surface area contributed by atoms with Gasteiger partial charge in [-0.1, -0.05) is 12.1 Å². The molecule has 4 aromatic rings. The number of halogens is 1. The summed E-state index contributed by atoms with van der Waals surface area (Å²) in [5.41, 5.74) is 2.67. The first kappa shape index (κ1) is 20.5. The fourth-order valence-corrected chi connectivity index (χ4v) is 3.25. The van der Waals surface area contributed by atoms with E-state index in [-0.39, 0.29) is 24.2 Å². The molecule has 2 aromatic carbocycles. The molecule has 0 saturated heterocycles. The van der Waals surface area contributed by atoms with Crippen molar-refractivity contribution in [1.82, 2.24) is 24.6 Å². The first-order valence-electron chi connectivity index (χ1n) is 9.92. The Labute approximate surface area is 179 Å². The molecule has 0 bridgehead atoms. The van der Waals surface area contributed by atoms with Crippen LogP contribution in [-0.2, 0) is 11.2 Å². The van der Waals surface area contributed by atoms with Crippen LogP contribution in [0.2, 0.25) is 0 Å². The van der Waals surface area contributed by atoms with Crippen molar-refractivity contribution in [2.45, 2.75) is 25.8 Å². The molecule has 1 amide bonds. The van der Waals surface area contributed by atoms with E-state index in [1.54, 1.807) is 41.3 Å². The molecule has 2 aromatic heterocycles. The monoisotopic (exact) mass is 419 g/mol. The van der Waals surface area contributed by atoms with Gasteiger partial charge in [0.25, 0.3) is 0 Å². The predicted octanol–water partition coefficient (Wildman–Crippen LogP) is 4.21. The van der Waals surface area contributed by atoms with Crippen molar-refractivity contribution in [2.24, 2.45) is 0 Å². The molecule has 2 heterocycles. The van der Waals surface area contributed by atoms with Crippen LogP contribution in [0.5, 0.6) is 0 Å². The third-order valence-corrected chi connectivity index (χ3v) is 5.27. The van der Waals surface area contributed by atoms with Crippen molar-refractivity contribution in [3.63, 3.8) is 0 Å². The van der Waals surface area contributed by atoms with Crippen molar-refractivity contribution in [3.8, 4) is 17.0 Å². The van der Waals surface area contributed by atoms with Crippen LogP contribution < -0.4 is 0 Å². The van der Waals surface area contributed by atoms with Gasteiger partial charge in [0.2, 0.25) is 5.91 Å². The van der Waals surface area contributed by atoms with E-state index in [9.17, 15) is 9.18 Å². The summed E-state index contributed by atoms with van der Waals surface area (Å²) in [4.78, 5) is 22.6. The second-order valence-electron chi connectivity index (χ2n) is 7.24. The molecule has 0 spiro atoms. The van der Waals surface area contributed by atoms with Gasteiger partial charge in [-0.3, -0.25) is 4.79 Å². The maximum absolute atomic E-state index is 13.1. The van der Waals surface area contributed by atoms with Gasteiger partial charge in [0, 0.05) is 25.5 Å². The number of oxazole rings is 1. The molecule has 0 fully saturated rings. The van der Waals surface area contributed by atoms with Gasteiger partial charge in [0.1, 0.15) is 18.5 Å². The number of carbonyl (C=O) groups is 1. The molecule has 1 atom stereocenters. The third-order valence-electron chi connectivity index (χ3n) is 5.27. The Kier molecular flexibility index (Phi) is 5.88. The number of carbonyl (C=O) groups excluding carboxylic acids is 1. The summed E-state index contributed by atoms with van der Waals surface area (Å²) in [6, 6.07) is 13.8. The summed E-state index contributed by atoms with van der Waals surface area (Å²) in [6.45, 7) is 1.99. The Morgan fingerprint density at radius 2 is 1.90 bits per heavy atom. The summed E-state index contributed by atoms with van der Waals surface area (Å²) in [5.74, 6) is 0.719. The quantitative estimate of drug-likeness (QED) is 0.448. The van der Waals surface area contributed by atoms with E-state index in [0.29, 0.717) is 18.1 Å². The molecule has 0 N–H and O–H groups in total. The molecule has 8 heteroatoms. The van der Waals surface area contributed by atoms with Crippen LogP contribution in [0.25, 0.3) is 17.0 Å². The van der Waals surface area contributed by atoms with Crippen molar-refractivity contribution >= 4 is 5.91 Å². The van der Waals surface area contributed by atoms with Crippen LogP contribution in [0.1, 0.15) is 30.8 Å². The number of aryl methyl sites for hydroxylation is 1. The topological polar surface area (TPSA) is 77.1 Å². The molecule has 4 rings (SSSR count). The molecule has 1 unspecified atom stereocenters. The van der Waals surface area contributed by atoms with Gasteiger partial charge in [0.15, 0.2) is 11.7 Å². The molecule has 0 aliphatic rings. The minimum atomic E-state index is -0.306. The lowest BCUT2D eigenvalue weighted by molar-refractivity contribution is -0.131. The van der Waals surface area contributed by atoms with Crippen molar-refractivity contribution in [3.05, 3.63) is 84.7 Å². The zero-order chi connectivity index (χ0) is 21.8. The number of aromatic nitrogens is 4. The lowest BCUT2D eigenvalue weighted by Gasteiger charge is -2.25. The third kappa shape index (κ3) is 4.69. The average molecular weight is 419 g/mol. The first-order valence-corrected chi connectivity index (χ1v) is 9.92. The van der Waals surface area contributed by atoms with Crippen LogP contribution in [0.4, 0.5) is 4.39 Å². The van der Waals surface area contributed by atoms with E-state index >= 15 is 0 Å². The van der Waals surface area contributed by atoms with Crippen molar-refractivity contribution < 1.29 is 13.6 Å². The van der Waals surface area contributed by atoms with Gasteiger partial charge in [-0.05, 0) is 48.9 Å². The molecule has 0 aliphatic heterocycles. The van der Waals surface area contributed by atoms with Gasteiger partial charge in [-0.25, -0.2) is 19.0 Å². The molecule has 0 aliphatic carbocycles. The van der Waals surface area contributed by atoms with E-state index in [1.807, 2.05) is 31.2 Å². The number of hydrogen-bond acceptors (Lipinski definition) is 5. The fraction of sp³-hybridized carbons (Fsp3) is 0.217. The summed E-state index contributed by atoms with van der Waals surface area (Å²) < 4.78 is 20.5. The first-order chi connectivity index (χ1) is 15.0. The zero-order valence-electron chi connectivity index (χ0n) is 17.3. The van der Waals surface area contributed by atoms with E-state index in [2.05, 4.69) is 15.1 Å². The second kappa shape index (κ2) is 8.91. The highest BCUT2D eigenvalue weighted by Gasteiger charge is 2.18. The predicted molar refractivity (Wildman–Crippen MR) is 113 cm³/mol. The number of hydrogen-bond donors (Lipinski definition) is 0. The lowest BCUT2D eigenvalue weighted by atomic mass is 10.1. The second-order valence-corrected chi connectivity index (χ2v) is 7.24. The highest BCUT2D eigenvalue weighted by atomic mass is 19.1. The largest absolute Gasteiger partial charge is 0.441 e. The summed E-state index contributed by atoms with van der Waals surface area (Å²) in [5, 5.41) is 4.11. The van der Waals surface area contributed by atoms with Gasteiger partial charge in [0.05, 0.1) is 17.9 Å². The zero-order valence-corrected chi connectivity index (χ0v) is 17.3. The summed E-state index contributed by atoms with van der Waals surface area (Å²) in [6.07, 6.45) is 5.39. The van der Waals surface area contributed by atoms with Crippen LogP contribution in [0, 0.1) is 5.82 Å². The normalized spacial score (nSPS) is 12.0. The van der Waals surface area contributed by atoms with E-state index in [4.69, 9.17) is 4.42 Å². The Hall–Kier alpha value is -3.81.